The van der Waals surface area contributed by atoms with Gasteiger partial charge in [0.25, 0.3) is 0 Å². The lowest BCUT2D eigenvalue weighted by atomic mass is 9.68. The highest BCUT2D eigenvalue weighted by Crippen LogP contribution is 2.54. The van der Waals surface area contributed by atoms with E-state index in [9.17, 15) is 4.79 Å². The molecule has 1 atom stereocenters. The van der Waals surface area contributed by atoms with E-state index in [1.165, 1.54) is 12.8 Å². The molecular weight excluding hydrogens is 427 g/mol. The number of rotatable bonds is 6. The summed E-state index contributed by atoms with van der Waals surface area (Å²) in [6.45, 7) is 15.7. The van der Waals surface area contributed by atoms with E-state index in [2.05, 4.69) is 20.4 Å². The van der Waals surface area contributed by atoms with Crippen LogP contribution in [-0.2, 0) is 6.42 Å². The average Bonchev–Trinajstić information content (AvgIpc) is 3.45. The molecule has 0 aromatic heterocycles. The fourth-order valence-electron chi connectivity index (χ4n) is 4.56. The second-order valence-corrected chi connectivity index (χ2v) is 8.44. The minimum atomic E-state index is -0.270. The first-order valence-electron chi connectivity index (χ1n) is 12.2. The highest BCUT2D eigenvalue weighted by Gasteiger charge is 2.51. The van der Waals surface area contributed by atoms with Gasteiger partial charge in [0, 0.05) is 11.0 Å². The van der Waals surface area contributed by atoms with Crippen LogP contribution in [0.25, 0.3) is 0 Å². The maximum atomic E-state index is 13.4. The van der Waals surface area contributed by atoms with Crippen LogP contribution in [-0.4, -0.2) is 12.9 Å². The van der Waals surface area contributed by atoms with E-state index in [1.807, 2.05) is 39.8 Å². The SMILES string of the molecule is C=CCC.CC.CC.CCCCC1(C2CCCC2)Cc2cc(OC)c(Cl)c(Cl)c2C1=O. The van der Waals surface area contributed by atoms with Gasteiger partial charge in [-0.25, -0.2) is 0 Å². The molecule has 1 fully saturated rings. The van der Waals surface area contributed by atoms with Crippen LogP contribution in [0.1, 0.15) is 109 Å². The zero-order valence-corrected chi connectivity index (χ0v) is 22.4. The number of ether oxygens (including phenoxy) is 1. The molecule has 1 saturated carbocycles. The molecule has 0 bridgehead atoms. The molecular formula is C27H44Cl2O2. The van der Waals surface area contributed by atoms with Crippen molar-refractivity contribution in [2.24, 2.45) is 11.3 Å². The fourth-order valence-corrected chi connectivity index (χ4v) is 5.09. The molecule has 1 unspecified atom stereocenters. The zero-order chi connectivity index (χ0) is 24.0. The molecule has 0 saturated heterocycles. The number of halogens is 2. The summed E-state index contributed by atoms with van der Waals surface area (Å²) in [5.74, 6) is 1.28. The van der Waals surface area contributed by atoms with E-state index >= 15 is 0 Å². The molecule has 4 heteroatoms. The van der Waals surface area contributed by atoms with E-state index in [4.69, 9.17) is 27.9 Å². The maximum absolute atomic E-state index is 13.4. The standard InChI is InChI=1S/C19H24Cl2O2.C4H8.2C2H6/c1-3-4-9-19(13-7-5-6-8-13)11-12-10-14(23-2)16(20)17(21)15(12)18(19)22;1-3-4-2;2*1-2/h10,13H,3-9,11H2,1-2H3;3H,1,4H2,2H3;2*1-2H3. The Morgan fingerprint density at radius 2 is 1.68 bits per heavy atom. The molecule has 0 spiro atoms. The molecule has 0 radical (unpaired) electrons. The summed E-state index contributed by atoms with van der Waals surface area (Å²) in [4.78, 5) is 13.4. The lowest BCUT2D eigenvalue weighted by Crippen LogP contribution is -2.35. The van der Waals surface area contributed by atoms with Crippen LogP contribution in [0.4, 0.5) is 0 Å². The molecule has 0 aliphatic heterocycles. The summed E-state index contributed by atoms with van der Waals surface area (Å²) in [5, 5.41) is 0.737. The van der Waals surface area contributed by atoms with Gasteiger partial charge in [-0.2, -0.15) is 0 Å². The third-order valence-electron chi connectivity index (χ3n) is 6.06. The van der Waals surface area contributed by atoms with Crippen molar-refractivity contribution < 1.29 is 9.53 Å². The van der Waals surface area contributed by atoms with Crippen molar-refractivity contribution in [1.82, 2.24) is 0 Å². The fraction of sp³-hybridized carbons (Fsp3) is 0.667. The topological polar surface area (TPSA) is 26.3 Å². The van der Waals surface area contributed by atoms with Crippen LogP contribution in [0.3, 0.4) is 0 Å². The van der Waals surface area contributed by atoms with Crippen LogP contribution in [0.15, 0.2) is 18.7 Å². The van der Waals surface area contributed by atoms with Crippen molar-refractivity contribution in [1.29, 1.82) is 0 Å². The summed E-state index contributed by atoms with van der Waals surface area (Å²) in [6.07, 6.45) is 11.7. The second-order valence-electron chi connectivity index (χ2n) is 7.68. The van der Waals surface area contributed by atoms with Gasteiger partial charge < -0.3 is 4.74 Å². The number of allylic oxidation sites excluding steroid dienone is 1. The third-order valence-corrected chi connectivity index (χ3v) is 6.91. The highest BCUT2D eigenvalue weighted by molar-refractivity contribution is 6.45. The predicted molar refractivity (Wildman–Crippen MR) is 138 cm³/mol. The Hall–Kier alpha value is -0.990. The van der Waals surface area contributed by atoms with Crippen LogP contribution in [0.2, 0.25) is 10.0 Å². The van der Waals surface area contributed by atoms with E-state index in [0.29, 0.717) is 27.3 Å². The van der Waals surface area contributed by atoms with E-state index in [-0.39, 0.29) is 11.2 Å². The number of hydrogen-bond acceptors (Lipinski definition) is 2. The minimum Gasteiger partial charge on any atom is -0.495 e. The van der Waals surface area contributed by atoms with Crippen molar-refractivity contribution in [2.45, 2.75) is 99.3 Å². The van der Waals surface area contributed by atoms with Gasteiger partial charge in [0.05, 0.1) is 12.1 Å². The Morgan fingerprint density at radius 3 is 2.13 bits per heavy atom. The van der Waals surface area contributed by atoms with Gasteiger partial charge in [-0.05, 0) is 49.7 Å². The Balaban J connectivity index is 0.000000992. The van der Waals surface area contributed by atoms with Gasteiger partial charge in [0.1, 0.15) is 10.8 Å². The minimum absolute atomic E-state index is 0.224. The summed E-state index contributed by atoms with van der Waals surface area (Å²) in [6, 6.07) is 1.92. The molecule has 2 aliphatic carbocycles. The normalized spacial score (nSPS) is 19.2. The first-order valence-corrected chi connectivity index (χ1v) is 12.9. The Morgan fingerprint density at radius 1 is 1.13 bits per heavy atom. The molecule has 3 rings (SSSR count). The lowest BCUT2D eigenvalue weighted by Gasteiger charge is -2.34. The van der Waals surface area contributed by atoms with Gasteiger partial charge in [0.2, 0.25) is 0 Å². The van der Waals surface area contributed by atoms with Gasteiger partial charge >= 0.3 is 0 Å². The molecule has 1 aromatic rings. The quantitative estimate of drug-likeness (QED) is 0.386. The number of benzene rings is 1. The predicted octanol–water partition coefficient (Wildman–Crippen LogP) is 9.74. The monoisotopic (exact) mass is 470 g/mol. The number of hydrogen-bond donors (Lipinski definition) is 0. The molecule has 31 heavy (non-hydrogen) atoms. The largest absolute Gasteiger partial charge is 0.495 e. The highest BCUT2D eigenvalue weighted by atomic mass is 35.5. The van der Waals surface area contributed by atoms with Gasteiger partial charge in [-0.1, -0.05) is 96.5 Å². The maximum Gasteiger partial charge on any atom is 0.171 e. The Kier molecular flexibility index (Phi) is 15.3. The molecule has 0 N–H and O–H groups in total. The van der Waals surface area contributed by atoms with Crippen LogP contribution < -0.4 is 4.74 Å². The van der Waals surface area contributed by atoms with Gasteiger partial charge in [-0.3, -0.25) is 4.79 Å². The summed E-state index contributed by atoms with van der Waals surface area (Å²) in [7, 11) is 1.59. The van der Waals surface area contributed by atoms with Crippen molar-refractivity contribution in [2.75, 3.05) is 7.11 Å². The number of methoxy groups -OCH3 is 1. The van der Waals surface area contributed by atoms with Crippen LogP contribution in [0.5, 0.6) is 5.75 Å². The van der Waals surface area contributed by atoms with Crippen molar-refractivity contribution in [3.05, 3.63) is 39.9 Å². The van der Waals surface area contributed by atoms with E-state index in [1.54, 1.807) is 7.11 Å². The average molecular weight is 472 g/mol. The summed E-state index contributed by atoms with van der Waals surface area (Å²) >= 11 is 12.7. The van der Waals surface area contributed by atoms with Crippen molar-refractivity contribution >= 4 is 29.0 Å². The van der Waals surface area contributed by atoms with Gasteiger partial charge in [0.15, 0.2) is 5.78 Å². The smallest absolute Gasteiger partial charge is 0.171 e. The first-order chi connectivity index (χ1) is 15.0. The molecule has 2 nitrogen and oxygen atoms in total. The molecule has 2 aliphatic rings. The van der Waals surface area contributed by atoms with E-state index < -0.39 is 0 Å². The molecule has 1 aromatic carbocycles. The number of unbranched alkanes of at least 4 members (excludes halogenated alkanes) is 1. The van der Waals surface area contributed by atoms with Crippen molar-refractivity contribution in [3.63, 3.8) is 0 Å². The number of carbonyl (C=O) groups is 1. The van der Waals surface area contributed by atoms with Crippen LogP contribution >= 0.6 is 23.2 Å². The number of ketones is 1. The Bertz CT molecular complexity index is 678. The number of fused-ring (bicyclic) bond motifs is 1. The molecule has 0 heterocycles. The van der Waals surface area contributed by atoms with Gasteiger partial charge in [-0.15, -0.1) is 6.58 Å². The number of Topliss-reactive ketones (excluding diaryl/α,β-unsaturated/α-hetero) is 1. The summed E-state index contributed by atoms with van der Waals surface area (Å²) < 4.78 is 5.33. The number of carbonyl (C=O) groups excluding carboxylic acids is 1. The van der Waals surface area contributed by atoms with Crippen molar-refractivity contribution in [3.8, 4) is 5.75 Å². The molecule has 0 amide bonds. The zero-order valence-electron chi connectivity index (χ0n) is 20.9. The van der Waals surface area contributed by atoms with Crippen LogP contribution in [0, 0.1) is 11.3 Å². The first kappa shape index (κ1) is 30.0. The summed E-state index contributed by atoms with van der Waals surface area (Å²) in [5.41, 5.74) is 1.40. The third kappa shape index (κ3) is 6.99. The lowest BCUT2D eigenvalue weighted by molar-refractivity contribution is 0.0671. The molecule has 178 valence electrons. The second kappa shape index (κ2) is 15.8. The Labute approximate surface area is 201 Å². The van der Waals surface area contributed by atoms with E-state index in [0.717, 1.165) is 50.5 Å².